The molecule has 0 bridgehead atoms. The molecule has 6 nitrogen and oxygen atoms in total. The number of benzene rings is 2. The molecule has 25 heavy (non-hydrogen) atoms. The fourth-order valence-electron chi connectivity index (χ4n) is 4.24. The topological polar surface area (TPSA) is 81.7 Å². The number of nitrogens with zero attached hydrogens (tertiary/aromatic N) is 1. The lowest BCUT2D eigenvalue weighted by Crippen LogP contribution is -2.44. The number of anilines is 2. The van der Waals surface area contributed by atoms with Gasteiger partial charge in [-0.1, -0.05) is 24.3 Å². The lowest BCUT2D eigenvalue weighted by molar-refractivity contribution is 0.0977. The number of phenolic OH excluding ortho intramolecular Hbond substituents is 1. The van der Waals surface area contributed by atoms with Gasteiger partial charge in [0.1, 0.15) is 11.4 Å². The van der Waals surface area contributed by atoms with Gasteiger partial charge >= 0.3 is 0 Å². The third-order valence-corrected chi connectivity index (χ3v) is 5.38. The number of carbonyl (C=O) groups excluding carboxylic acids is 2. The molecule has 0 amide bonds. The molecular formula is C19H17N3O3. The zero-order chi connectivity index (χ0) is 17.3. The van der Waals surface area contributed by atoms with E-state index in [0.717, 1.165) is 19.5 Å². The molecular weight excluding hydrogens is 318 g/mol. The van der Waals surface area contributed by atoms with E-state index in [2.05, 4.69) is 15.5 Å². The van der Waals surface area contributed by atoms with Crippen molar-refractivity contribution in [3.63, 3.8) is 0 Å². The Morgan fingerprint density at radius 1 is 1.08 bits per heavy atom. The van der Waals surface area contributed by atoms with Crippen LogP contribution < -0.4 is 10.6 Å². The van der Waals surface area contributed by atoms with E-state index in [4.69, 9.17) is 0 Å². The van der Waals surface area contributed by atoms with Crippen LogP contribution in [-0.2, 0) is 0 Å². The van der Waals surface area contributed by atoms with E-state index in [0.29, 0.717) is 22.5 Å². The highest BCUT2D eigenvalue weighted by Gasteiger charge is 2.45. The molecule has 3 N–H and O–H groups in total. The maximum atomic E-state index is 13.1. The summed E-state index contributed by atoms with van der Waals surface area (Å²) in [6.45, 7) is 1.70. The molecule has 2 aromatic rings. The number of hydrogen-bond acceptors (Lipinski definition) is 6. The molecule has 3 aliphatic rings. The zero-order valence-electron chi connectivity index (χ0n) is 13.7. The van der Waals surface area contributed by atoms with Gasteiger partial charge in [-0.2, -0.15) is 0 Å². The third kappa shape index (κ3) is 1.83. The Bertz CT molecular complexity index is 969. The van der Waals surface area contributed by atoms with E-state index in [1.165, 1.54) is 0 Å². The van der Waals surface area contributed by atoms with Crippen LogP contribution in [0.1, 0.15) is 38.3 Å². The summed E-state index contributed by atoms with van der Waals surface area (Å²) in [6.07, 6.45) is 0.867. The molecule has 2 aromatic carbocycles. The monoisotopic (exact) mass is 335 g/mol. The minimum atomic E-state index is -0.362. The van der Waals surface area contributed by atoms with Gasteiger partial charge in [-0.25, -0.2) is 0 Å². The summed E-state index contributed by atoms with van der Waals surface area (Å²) < 4.78 is 0. The molecule has 2 heterocycles. The van der Waals surface area contributed by atoms with E-state index in [1.807, 2.05) is 7.05 Å². The van der Waals surface area contributed by atoms with Gasteiger partial charge in [-0.05, 0) is 7.05 Å². The van der Waals surface area contributed by atoms with Crippen molar-refractivity contribution in [2.45, 2.75) is 12.1 Å². The lowest BCUT2D eigenvalue weighted by Gasteiger charge is -2.25. The van der Waals surface area contributed by atoms with Crippen LogP contribution >= 0.6 is 0 Å². The normalized spacial score (nSPS) is 23.9. The van der Waals surface area contributed by atoms with Gasteiger partial charge in [0, 0.05) is 36.7 Å². The number of likely N-dealkylation sites (N-methyl/N-ethyl adjacent to an activating group) is 1. The molecule has 126 valence electrons. The van der Waals surface area contributed by atoms with Crippen LogP contribution in [0.2, 0.25) is 0 Å². The molecule has 0 saturated carbocycles. The average Bonchev–Trinajstić information content (AvgIpc) is 3.13. The molecule has 0 radical (unpaired) electrons. The molecule has 2 aliphatic heterocycles. The Balaban J connectivity index is 1.72. The van der Waals surface area contributed by atoms with E-state index >= 15 is 0 Å². The number of phenols is 1. The van der Waals surface area contributed by atoms with Gasteiger partial charge in [0.2, 0.25) is 0 Å². The smallest absolute Gasteiger partial charge is 0.198 e. The summed E-state index contributed by atoms with van der Waals surface area (Å²) in [7, 11) is 2.04. The van der Waals surface area contributed by atoms with Crippen molar-refractivity contribution >= 4 is 22.9 Å². The maximum Gasteiger partial charge on any atom is 0.198 e. The zero-order valence-corrected chi connectivity index (χ0v) is 13.7. The van der Waals surface area contributed by atoms with Crippen LogP contribution in [0.25, 0.3) is 0 Å². The molecule has 6 heteroatoms. The summed E-state index contributed by atoms with van der Waals surface area (Å²) in [5.41, 5.74) is 2.04. The number of nitrogens with one attached hydrogen (secondary N) is 2. The van der Waals surface area contributed by atoms with E-state index in [1.54, 1.807) is 30.3 Å². The summed E-state index contributed by atoms with van der Waals surface area (Å²) in [5, 5.41) is 17.3. The average molecular weight is 335 g/mol. The fourth-order valence-corrected chi connectivity index (χ4v) is 4.24. The van der Waals surface area contributed by atoms with Crippen LogP contribution in [0.3, 0.4) is 0 Å². The van der Waals surface area contributed by atoms with Crippen LogP contribution in [-0.4, -0.2) is 47.4 Å². The van der Waals surface area contributed by atoms with Crippen molar-refractivity contribution in [3.8, 4) is 5.75 Å². The highest BCUT2D eigenvalue weighted by Crippen LogP contribution is 2.47. The van der Waals surface area contributed by atoms with Crippen LogP contribution in [0.5, 0.6) is 5.75 Å². The van der Waals surface area contributed by atoms with Gasteiger partial charge in [0.15, 0.2) is 11.6 Å². The van der Waals surface area contributed by atoms with Gasteiger partial charge < -0.3 is 20.6 Å². The quantitative estimate of drug-likeness (QED) is 0.546. The predicted molar refractivity (Wildman–Crippen MR) is 93.5 cm³/mol. The van der Waals surface area contributed by atoms with Crippen LogP contribution in [0.4, 0.5) is 11.4 Å². The number of rotatable bonds is 0. The third-order valence-electron chi connectivity index (χ3n) is 5.38. The summed E-state index contributed by atoms with van der Waals surface area (Å²) in [5.74, 6) is -0.689. The first kappa shape index (κ1) is 14.5. The second kappa shape index (κ2) is 4.61. The predicted octanol–water partition coefficient (Wildman–Crippen LogP) is 2.04. The van der Waals surface area contributed by atoms with Crippen molar-refractivity contribution in [3.05, 3.63) is 52.6 Å². The van der Waals surface area contributed by atoms with Crippen molar-refractivity contribution in [2.75, 3.05) is 30.8 Å². The van der Waals surface area contributed by atoms with Crippen LogP contribution in [0.15, 0.2) is 30.3 Å². The van der Waals surface area contributed by atoms with Gasteiger partial charge in [0.25, 0.3) is 0 Å². The standard InChI is InChI=1S/C19H17N3O3/c1-22-7-6-19(9-22)20-12-8-13(23)14-15(16(12)21-19)18(25)11-5-3-2-4-10(11)17(14)24/h2-5,8,20-21,23H,6-7,9H2,1H3. The maximum absolute atomic E-state index is 13.1. The SMILES string of the molecule is CN1CCC2(C1)Nc1cc(O)c3c(c1N2)C(=O)c1ccccc1C3=O. The van der Waals surface area contributed by atoms with Crippen LogP contribution in [0, 0.1) is 0 Å². The first-order valence-corrected chi connectivity index (χ1v) is 8.32. The summed E-state index contributed by atoms with van der Waals surface area (Å²) in [4.78, 5) is 28.2. The molecule has 0 aromatic heterocycles. The number of ketones is 2. The molecule has 1 fully saturated rings. The largest absolute Gasteiger partial charge is 0.507 e. The number of carbonyl (C=O) groups is 2. The molecule has 5 rings (SSSR count). The van der Waals surface area contributed by atoms with Crippen molar-refractivity contribution in [1.29, 1.82) is 0 Å². The molecule has 1 aliphatic carbocycles. The van der Waals surface area contributed by atoms with Crippen molar-refractivity contribution < 1.29 is 14.7 Å². The van der Waals surface area contributed by atoms with Gasteiger partial charge in [0.05, 0.1) is 22.5 Å². The van der Waals surface area contributed by atoms with E-state index < -0.39 is 0 Å². The molecule has 1 saturated heterocycles. The Kier molecular flexibility index (Phi) is 2.67. The van der Waals surface area contributed by atoms with Gasteiger partial charge in [-0.15, -0.1) is 0 Å². The molecule has 1 unspecified atom stereocenters. The first-order valence-electron chi connectivity index (χ1n) is 8.32. The van der Waals surface area contributed by atoms with Gasteiger partial charge in [-0.3, -0.25) is 9.59 Å². The van der Waals surface area contributed by atoms with Crippen molar-refractivity contribution in [2.24, 2.45) is 0 Å². The number of hydrogen-bond donors (Lipinski definition) is 3. The second-order valence-electron chi connectivity index (χ2n) is 7.09. The Labute approximate surface area is 144 Å². The summed E-state index contributed by atoms with van der Waals surface area (Å²) in [6, 6.07) is 8.31. The molecule has 1 atom stereocenters. The summed E-state index contributed by atoms with van der Waals surface area (Å²) >= 11 is 0. The van der Waals surface area contributed by atoms with E-state index in [-0.39, 0.29) is 34.1 Å². The fraction of sp³-hybridized carbons (Fsp3) is 0.263. The number of likely N-dealkylation sites (tertiary alicyclic amines) is 1. The highest BCUT2D eigenvalue weighted by molar-refractivity contribution is 6.32. The number of aromatic hydroxyl groups is 1. The Morgan fingerprint density at radius 3 is 2.40 bits per heavy atom. The minimum Gasteiger partial charge on any atom is -0.507 e. The second-order valence-corrected chi connectivity index (χ2v) is 7.09. The lowest BCUT2D eigenvalue weighted by atomic mass is 9.82. The highest BCUT2D eigenvalue weighted by atomic mass is 16.3. The number of fused-ring (bicyclic) bond motifs is 4. The Morgan fingerprint density at radius 2 is 1.76 bits per heavy atom. The Hall–Kier alpha value is -2.86. The van der Waals surface area contributed by atoms with E-state index in [9.17, 15) is 14.7 Å². The first-order chi connectivity index (χ1) is 12.0. The minimum absolute atomic E-state index is 0.0974. The molecule has 1 spiro atoms. The van der Waals surface area contributed by atoms with Crippen molar-refractivity contribution in [1.82, 2.24) is 4.90 Å².